The zero-order chi connectivity index (χ0) is 51.6. The van der Waals surface area contributed by atoms with Gasteiger partial charge in [-0.1, -0.05) is 12.1 Å². The van der Waals surface area contributed by atoms with E-state index in [1.165, 1.54) is 29.7 Å². The minimum Gasteiger partial charge on any atom is -0.369 e. The number of hydrogen-bond donors (Lipinski definition) is 1. The Morgan fingerprint density at radius 1 is 0.644 bits per heavy atom. The number of carbonyl (C=O) groups excluding carboxylic acids is 1. The number of aldehydes is 1. The number of carbonyl (C=O) groups is 1. The molecule has 15 heteroatoms. The lowest BCUT2D eigenvalue weighted by molar-refractivity contribution is 0.112. The van der Waals surface area contributed by atoms with E-state index in [0.29, 0.717) is 30.3 Å². The molecule has 0 aliphatic carbocycles. The van der Waals surface area contributed by atoms with Gasteiger partial charge in [0.05, 0.1) is 40.4 Å². The number of halogens is 2. The number of fused-ring (bicyclic) bond motifs is 2. The maximum atomic E-state index is 13.6. The summed E-state index contributed by atoms with van der Waals surface area (Å²) in [6, 6.07) is 29.0. The van der Waals surface area contributed by atoms with Crippen molar-refractivity contribution in [2.45, 2.75) is 85.1 Å². The molecule has 2 aliphatic rings. The summed E-state index contributed by atoms with van der Waals surface area (Å²) in [6.07, 6.45) is 16.5. The quantitative estimate of drug-likeness (QED) is 0.124. The number of aromatic nitrogens is 6. The summed E-state index contributed by atoms with van der Waals surface area (Å²) in [5.41, 5.74) is 11.7. The average molecular weight is 1110 g/mol. The number of piperidine rings is 2. The first-order valence-electron chi connectivity index (χ1n) is 24.9. The molecule has 2 saturated heterocycles. The maximum absolute atomic E-state index is 13.6. The Hall–Kier alpha value is -6.39. The van der Waals surface area contributed by atoms with Gasteiger partial charge in [0.25, 0.3) is 0 Å². The number of nitrogens with zero attached hydrogens (tertiary/aromatic N) is 9. The van der Waals surface area contributed by atoms with Crippen LogP contribution in [0.1, 0.15) is 75.5 Å². The first-order chi connectivity index (χ1) is 35.2. The highest BCUT2D eigenvalue weighted by Crippen LogP contribution is 2.27. The van der Waals surface area contributed by atoms with Crippen LogP contribution in [0.4, 0.5) is 11.4 Å². The predicted molar refractivity (Wildman–Crippen MR) is 302 cm³/mol. The largest absolute Gasteiger partial charge is 0.369 e. The molecule has 0 saturated carbocycles. The zero-order valence-electron chi connectivity index (χ0n) is 42.6. The Labute approximate surface area is 444 Å². The normalized spacial score (nSPS) is 15.7. The van der Waals surface area contributed by atoms with Gasteiger partial charge in [-0.05, 0) is 169 Å². The fourth-order valence-electron chi connectivity index (χ4n) is 9.93. The third kappa shape index (κ3) is 13.4. The fourth-order valence-corrected chi connectivity index (χ4v) is 11.2. The fraction of sp³-hybridized carbons (Fsp3) is 0.328. The summed E-state index contributed by atoms with van der Waals surface area (Å²) in [4.78, 5) is 61.0. The molecule has 0 bridgehead atoms. The van der Waals surface area contributed by atoms with Crippen LogP contribution in [-0.2, 0) is 33.7 Å². The van der Waals surface area contributed by atoms with Crippen molar-refractivity contribution in [2.24, 2.45) is 14.1 Å². The van der Waals surface area contributed by atoms with Gasteiger partial charge in [-0.2, -0.15) is 0 Å². The van der Waals surface area contributed by atoms with Crippen LogP contribution in [-0.4, -0.2) is 78.5 Å². The standard InChI is InChI=1S/C29H32BrN5O.C18H24N4.C11H8BrNO2/c1-20-9-10-24(15-32-20)34-13-5-6-25(19-34)35(16-22-11-12-31-21(2)14-22)18-23-17-33(3)28-26(29(23)36)7-4-8-27(28)30;1-14-5-6-18(12-20-14)22-9-3-4-17(13-22)21-11-16-7-8-19-15(2)10-16;1-13-5-7(6-14)11(15)8-3-2-4-9(12)10(8)13/h4,7-12,14-15,17,25H,5-6,13,16,18-19H2,1-3H3;5-8,10,12,17,21H,3-4,9,11,13H2,1-2H3;2-6H,1H3/t25-;17-;/m00./s1. The second-order valence-electron chi connectivity index (χ2n) is 19.2. The molecule has 8 aromatic rings. The van der Waals surface area contributed by atoms with Gasteiger partial charge in [-0.3, -0.25) is 39.2 Å². The van der Waals surface area contributed by atoms with Crippen molar-refractivity contribution >= 4 is 71.3 Å². The Balaban J connectivity index is 0.000000162. The lowest BCUT2D eigenvalue weighted by Crippen LogP contribution is -2.48. The van der Waals surface area contributed by atoms with Crippen molar-refractivity contribution in [2.75, 3.05) is 36.0 Å². The number of nitrogens with one attached hydrogen (secondary N) is 1. The Morgan fingerprint density at radius 3 is 1.79 bits per heavy atom. The summed E-state index contributed by atoms with van der Waals surface area (Å²) in [7, 11) is 3.82. The second kappa shape index (κ2) is 24.6. The summed E-state index contributed by atoms with van der Waals surface area (Å²) < 4.78 is 5.61. The predicted octanol–water partition coefficient (Wildman–Crippen LogP) is 10.3. The summed E-state index contributed by atoms with van der Waals surface area (Å²) >= 11 is 7.00. The van der Waals surface area contributed by atoms with Crippen LogP contribution in [0, 0.1) is 27.7 Å². The summed E-state index contributed by atoms with van der Waals surface area (Å²) in [5.74, 6) is 0. The van der Waals surface area contributed by atoms with Gasteiger partial charge in [0.1, 0.15) is 0 Å². The minimum atomic E-state index is -0.223. The third-order valence-electron chi connectivity index (χ3n) is 13.7. The third-order valence-corrected chi connectivity index (χ3v) is 14.9. The van der Waals surface area contributed by atoms with Crippen LogP contribution in [0.2, 0.25) is 0 Å². The summed E-state index contributed by atoms with van der Waals surface area (Å²) in [5, 5.41) is 4.99. The highest BCUT2D eigenvalue weighted by atomic mass is 79.9. The molecule has 2 fully saturated rings. The van der Waals surface area contributed by atoms with Crippen LogP contribution in [0.3, 0.4) is 0 Å². The molecule has 378 valence electrons. The molecule has 0 radical (unpaired) electrons. The molecule has 2 aliphatic heterocycles. The Kier molecular flexibility index (Phi) is 17.8. The van der Waals surface area contributed by atoms with Crippen LogP contribution >= 0.6 is 31.9 Å². The van der Waals surface area contributed by atoms with E-state index in [-0.39, 0.29) is 16.4 Å². The minimum absolute atomic E-state index is 0.107. The first-order valence-corrected chi connectivity index (χ1v) is 26.5. The second-order valence-corrected chi connectivity index (χ2v) is 21.0. The molecular weight excluding hydrogens is 1040 g/mol. The van der Waals surface area contributed by atoms with Gasteiger partial charge in [0.2, 0.25) is 0 Å². The van der Waals surface area contributed by atoms with E-state index in [9.17, 15) is 14.4 Å². The van der Waals surface area contributed by atoms with Gasteiger partial charge < -0.3 is 24.3 Å². The molecule has 0 unspecified atom stereocenters. The van der Waals surface area contributed by atoms with Gasteiger partial charge >= 0.3 is 0 Å². The van der Waals surface area contributed by atoms with E-state index < -0.39 is 0 Å². The van der Waals surface area contributed by atoms with E-state index in [2.05, 4.69) is 125 Å². The highest BCUT2D eigenvalue weighted by molar-refractivity contribution is 9.11. The number of benzene rings is 2. The number of aryl methyl sites for hydroxylation is 6. The molecule has 73 heavy (non-hydrogen) atoms. The molecule has 2 aromatic carbocycles. The molecule has 6 aromatic heterocycles. The number of hydrogen-bond acceptors (Lipinski definition) is 11. The van der Waals surface area contributed by atoms with Crippen LogP contribution in [0.5, 0.6) is 0 Å². The molecule has 1 N–H and O–H groups in total. The van der Waals surface area contributed by atoms with E-state index in [4.69, 9.17) is 0 Å². The molecule has 0 amide bonds. The molecule has 10 rings (SSSR count). The molecule has 8 heterocycles. The van der Waals surface area contributed by atoms with Crippen molar-refractivity contribution in [1.29, 1.82) is 0 Å². The van der Waals surface area contributed by atoms with Crippen molar-refractivity contribution in [3.8, 4) is 0 Å². The van der Waals surface area contributed by atoms with Gasteiger partial charge in [0.15, 0.2) is 17.1 Å². The molecule has 0 spiro atoms. The number of rotatable bonds is 11. The van der Waals surface area contributed by atoms with Crippen molar-refractivity contribution in [1.82, 2.24) is 39.3 Å². The monoisotopic (exact) mass is 1110 g/mol. The van der Waals surface area contributed by atoms with Gasteiger partial charge in [-0.25, -0.2) is 0 Å². The number of para-hydroxylation sites is 2. The zero-order valence-corrected chi connectivity index (χ0v) is 45.7. The number of pyridine rings is 6. The Morgan fingerprint density at radius 2 is 1.21 bits per heavy atom. The lowest BCUT2D eigenvalue weighted by Gasteiger charge is -2.40. The van der Waals surface area contributed by atoms with E-state index in [1.807, 2.05) is 90.0 Å². The molecular formula is C58H64Br2N10O3. The lowest BCUT2D eigenvalue weighted by atomic mass is 10.0. The Bertz CT molecular complexity index is 3310. The van der Waals surface area contributed by atoms with Gasteiger partial charge in [-0.15, -0.1) is 0 Å². The first kappa shape index (κ1) is 52.9. The van der Waals surface area contributed by atoms with E-state index in [1.54, 1.807) is 29.9 Å². The van der Waals surface area contributed by atoms with Crippen molar-refractivity contribution < 1.29 is 4.79 Å². The van der Waals surface area contributed by atoms with Gasteiger partial charge in [0, 0.05) is 145 Å². The van der Waals surface area contributed by atoms with E-state index >= 15 is 0 Å². The average Bonchev–Trinajstić information content (AvgIpc) is 3.39. The molecule has 2 atom stereocenters. The van der Waals surface area contributed by atoms with Crippen molar-refractivity contribution in [3.63, 3.8) is 0 Å². The summed E-state index contributed by atoms with van der Waals surface area (Å²) in [6.45, 7) is 14.5. The maximum Gasteiger partial charge on any atom is 0.199 e. The van der Waals surface area contributed by atoms with Crippen LogP contribution in [0.25, 0.3) is 21.8 Å². The van der Waals surface area contributed by atoms with E-state index in [0.717, 1.165) is 112 Å². The smallest absolute Gasteiger partial charge is 0.199 e. The highest BCUT2D eigenvalue weighted by Gasteiger charge is 2.28. The SMILES string of the molecule is Cc1ccc(N2CCC[C@H](N(Cc3ccnc(C)c3)Cc3cn(C)c4c(Br)cccc4c3=O)C2)cn1.Cc1ccc(N2CCC[C@H](NCc3ccnc(C)c3)C2)cn1.Cn1cc(C=O)c(=O)c2cccc(Br)c21. The van der Waals surface area contributed by atoms with Crippen molar-refractivity contribution in [3.05, 3.63) is 197 Å². The topological polar surface area (TPSA) is 134 Å². The van der Waals surface area contributed by atoms with Crippen LogP contribution in [0.15, 0.2) is 141 Å². The van der Waals surface area contributed by atoms with Crippen LogP contribution < -0.4 is 26.0 Å². The number of anilines is 2. The molecule has 13 nitrogen and oxygen atoms in total.